The number of nitrogens with zero attached hydrogens (tertiary/aromatic N) is 1. The first-order valence-corrected chi connectivity index (χ1v) is 3.87. The zero-order chi connectivity index (χ0) is 10.1. The van der Waals surface area contributed by atoms with Gasteiger partial charge in [-0.25, -0.2) is 0 Å². The molecule has 0 spiro atoms. The average molecular weight is 187 g/mol. The number of rotatable bonds is 0. The lowest BCUT2D eigenvalue weighted by atomic mass is 10.2. The number of H-pyrrole nitrogens is 2. The topological polar surface area (TPSA) is 89.5 Å². The van der Waals surface area contributed by atoms with Gasteiger partial charge in [-0.15, -0.1) is 0 Å². The zero-order valence-corrected chi connectivity index (χ0v) is 7.00. The van der Waals surface area contributed by atoms with Crippen molar-refractivity contribution in [2.75, 3.05) is 0 Å². The van der Waals surface area contributed by atoms with Gasteiger partial charge in [-0.05, 0) is 12.1 Å². The predicted octanol–water partition coefficient (Wildman–Crippen LogP) is 0.0881. The van der Waals surface area contributed by atoms with E-state index < -0.39 is 5.56 Å². The molecule has 2 N–H and O–H groups in total. The van der Waals surface area contributed by atoms with Gasteiger partial charge in [0.25, 0.3) is 11.1 Å². The Bertz CT molecular complexity index is 645. The van der Waals surface area contributed by atoms with Gasteiger partial charge in [-0.1, -0.05) is 0 Å². The van der Waals surface area contributed by atoms with Crippen LogP contribution in [0.25, 0.3) is 10.9 Å². The van der Waals surface area contributed by atoms with E-state index in [4.69, 9.17) is 5.26 Å². The summed E-state index contributed by atoms with van der Waals surface area (Å²) in [4.78, 5) is 27.2. The summed E-state index contributed by atoms with van der Waals surface area (Å²) in [6, 6.07) is 4.76. The van der Waals surface area contributed by atoms with Gasteiger partial charge in [-0.2, -0.15) is 5.26 Å². The molecule has 0 radical (unpaired) electrons. The van der Waals surface area contributed by atoms with Gasteiger partial charge >= 0.3 is 0 Å². The number of hydrogen-bond donors (Lipinski definition) is 2. The molecule has 0 unspecified atom stereocenters. The predicted molar refractivity (Wildman–Crippen MR) is 49.9 cm³/mol. The first-order valence-electron chi connectivity index (χ1n) is 3.87. The van der Waals surface area contributed by atoms with E-state index in [9.17, 15) is 9.59 Å². The minimum Gasteiger partial charge on any atom is -0.327 e. The van der Waals surface area contributed by atoms with Crippen LogP contribution in [0.1, 0.15) is 5.56 Å². The summed E-state index contributed by atoms with van der Waals surface area (Å²) in [5.74, 6) is 0. The van der Waals surface area contributed by atoms with Crippen LogP contribution in [0.4, 0.5) is 0 Å². The number of pyridine rings is 2. The first-order chi connectivity index (χ1) is 6.72. The summed E-state index contributed by atoms with van der Waals surface area (Å²) < 4.78 is 0. The third kappa shape index (κ3) is 1.10. The Morgan fingerprint density at radius 1 is 1.29 bits per heavy atom. The Morgan fingerprint density at radius 2 is 2.07 bits per heavy atom. The van der Waals surface area contributed by atoms with Gasteiger partial charge < -0.3 is 9.97 Å². The summed E-state index contributed by atoms with van der Waals surface area (Å²) in [7, 11) is 0. The van der Waals surface area contributed by atoms with Gasteiger partial charge in [0.05, 0.1) is 0 Å². The van der Waals surface area contributed by atoms with Crippen LogP contribution in [0.3, 0.4) is 0 Å². The molecule has 0 saturated carbocycles. The lowest BCUT2D eigenvalue weighted by Gasteiger charge is -1.95. The van der Waals surface area contributed by atoms with Crippen molar-refractivity contribution in [3.05, 3.63) is 44.6 Å². The van der Waals surface area contributed by atoms with Crippen LogP contribution in [0.5, 0.6) is 0 Å². The van der Waals surface area contributed by atoms with E-state index in [0.29, 0.717) is 5.39 Å². The Kier molecular flexibility index (Phi) is 1.68. The molecule has 0 amide bonds. The van der Waals surface area contributed by atoms with Crippen molar-refractivity contribution in [3.8, 4) is 6.07 Å². The van der Waals surface area contributed by atoms with Crippen LogP contribution in [0.2, 0.25) is 0 Å². The molecule has 0 bridgehead atoms. The van der Waals surface area contributed by atoms with E-state index in [2.05, 4.69) is 9.97 Å². The van der Waals surface area contributed by atoms with Gasteiger partial charge in [0.2, 0.25) is 0 Å². The number of nitriles is 1. The smallest absolute Gasteiger partial charge is 0.272 e. The Balaban J connectivity index is 3.03. The van der Waals surface area contributed by atoms with Gasteiger partial charge in [-0.3, -0.25) is 9.59 Å². The molecule has 2 aromatic rings. The number of fused-ring (bicyclic) bond motifs is 1. The maximum atomic E-state index is 11.2. The molecule has 5 nitrogen and oxygen atoms in total. The zero-order valence-electron chi connectivity index (χ0n) is 7.00. The number of aromatic amines is 2. The monoisotopic (exact) mass is 187 g/mol. The van der Waals surface area contributed by atoms with Crippen molar-refractivity contribution in [1.29, 1.82) is 5.26 Å². The molecule has 0 aliphatic heterocycles. The summed E-state index contributed by atoms with van der Waals surface area (Å²) in [6.07, 6.45) is 1.46. The normalized spacial score (nSPS) is 9.93. The fraction of sp³-hybridized carbons (Fsp3) is 0. The minimum absolute atomic E-state index is 0.00287. The van der Waals surface area contributed by atoms with Gasteiger partial charge in [0, 0.05) is 11.6 Å². The molecular weight excluding hydrogens is 182 g/mol. The highest BCUT2D eigenvalue weighted by Gasteiger charge is 2.03. The molecule has 0 atom stereocenters. The quantitative estimate of drug-likeness (QED) is 0.612. The molecule has 14 heavy (non-hydrogen) atoms. The van der Waals surface area contributed by atoms with Crippen molar-refractivity contribution in [3.63, 3.8) is 0 Å². The second-order valence-electron chi connectivity index (χ2n) is 2.76. The molecule has 0 saturated heterocycles. The molecule has 2 aromatic heterocycles. The Morgan fingerprint density at radius 3 is 2.79 bits per heavy atom. The first kappa shape index (κ1) is 8.26. The van der Waals surface area contributed by atoms with E-state index in [1.807, 2.05) is 0 Å². The van der Waals surface area contributed by atoms with Crippen molar-refractivity contribution >= 4 is 10.9 Å². The number of hydrogen-bond acceptors (Lipinski definition) is 3. The highest BCUT2D eigenvalue weighted by atomic mass is 16.1. The van der Waals surface area contributed by atoms with Crippen LogP contribution in [0, 0.1) is 11.3 Å². The second kappa shape index (κ2) is 2.85. The van der Waals surface area contributed by atoms with E-state index in [1.54, 1.807) is 12.1 Å². The van der Waals surface area contributed by atoms with Crippen LogP contribution in [0.15, 0.2) is 27.9 Å². The number of nitrogens with one attached hydrogen (secondary N) is 2. The van der Waals surface area contributed by atoms with Crippen LogP contribution in [-0.4, -0.2) is 9.97 Å². The average Bonchev–Trinajstić information content (AvgIpc) is 2.19. The molecule has 2 heterocycles. The van der Waals surface area contributed by atoms with Crippen LogP contribution >= 0.6 is 0 Å². The summed E-state index contributed by atoms with van der Waals surface area (Å²) >= 11 is 0. The van der Waals surface area contributed by atoms with Gasteiger partial charge in [0.1, 0.15) is 17.1 Å². The molecule has 2 rings (SSSR count). The molecular formula is C9H5N3O2. The maximum absolute atomic E-state index is 11.2. The SMILES string of the molecule is N#Cc1cc2cc[nH]c(=O)c2[nH]c1=O. The fourth-order valence-corrected chi connectivity index (χ4v) is 1.23. The summed E-state index contributed by atoms with van der Waals surface area (Å²) in [5, 5.41) is 9.14. The lowest BCUT2D eigenvalue weighted by Crippen LogP contribution is -2.15. The highest BCUT2D eigenvalue weighted by molar-refractivity contribution is 5.78. The molecule has 68 valence electrons. The summed E-state index contributed by atoms with van der Waals surface area (Å²) in [6.45, 7) is 0. The van der Waals surface area contributed by atoms with E-state index in [1.165, 1.54) is 12.3 Å². The number of aromatic nitrogens is 2. The van der Waals surface area contributed by atoms with Gasteiger partial charge in [0.15, 0.2) is 0 Å². The van der Waals surface area contributed by atoms with Crippen molar-refractivity contribution < 1.29 is 0 Å². The Hall–Kier alpha value is -2.35. The molecule has 0 aliphatic rings. The van der Waals surface area contributed by atoms with Crippen LogP contribution in [-0.2, 0) is 0 Å². The molecule has 0 aromatic carbocycles. The van der Waals surface area contributed by atoms with E-state index in [-0.39, 0.29) is 16.6 Å². The van der Waals surface area contributed by atoms with Crippen molar-refractivity contribution in [2.45, 2.75) is 0 Å². The highest BCUT2D eigenvalue weighted by Crippen LogP contribution is 2.03. The van der Waals surface area contributed by atoms with E-state index >= 15 is 0 Å². The molecule has 5 heteroatoms. The standard InChI is InChI=1S/C9H5N3O2/c10-4-6-3-5-1-2-11-9(14)7(5)12-8(6)13/h1-3H,(H,11,14)(H,12,13). The molecule has 0 aliphatic carbocycles. The third-order valence-electron chi connectivity index (χ3n) is 1.90. The van der Waals surface area contributed by atoms with Crippen molar-refractivity contribution in [1.82, 2.24) is 9.97 Å². The van der Waals surface area contributed by atoms with E-state index in [0.717, 1.165) is 0 Å². The molecule has 0 fully saturated rings. The lowest BCUT2D eigenvalue weighted by molar-refractivity contribution is 1.20. The second-order valence-corrected chi connectivity index (χ2v) is 2.76. The van der Waals surface area contributed by atoms with Crippen molar-refractivity contribution in [2.24, 2.45) is 0 Å². The Labute approximate surface area is 77.6 Å². The maximum Gasteiger partial charge on any atom is 0.272 e. The van der Waals surface area contributed by atoms with Crippen LogP contribution < -0.4 is 11.1 Å². The fourth-order valence-electron chi connectivity index (χ4n) is 1.23. The third-order valence-corrected chi connectivity index (χ3v) is 1.90. The minimum atomic E-state index is -0.545. The summed E-state index contributed by atoms with van der Waals surface area (Å²) in [5.41, 5.74) is -0.722. The largest absolute Gasteiger partial charge is 0.327 e.